The molecular formula is C15H18N2O4. The molecular weight excluding hydrogens is 272 g/mol. The van der Waals surface area contributed by atoms with Crippen LogP contribution in [0.4, 0.5) is 0 Å². The van der Waals surface area contributed by atoms with Crippen LogP contribution in [0.2, 0.25) is 0 Å². The zero-order valence-electron chi connectivity index (χ0n) is 12.0. The van der Waals surface area contributed by atoms with Gasteiger partial charge < -0.3 is 20.1 Å². The summed E-state index contributed by atoms with van der Waals surface area (Å²) in [6.45, 7) is 2.23. The molecule has 0 saturated heterocycles. The molecule has 2 aromatic rings. The first-order chi connectivity index (χ1) is 10.0. The highest BCUT2D eigenvalue weighted by Gasteiger charge is 2.21. The highest BCUT2D eigenvalue weighted by Crippen LogP contribution is 2.17. The second-order valence-corrected chi connectivity index (χ2v) is 4.92. The van der Waals surface area contributed by atoms with Crippen molar-refractivity contribution < 1.29 is 19.4 Å². The van der Waals surface area contributed by atoms with Crippen LogP contribution in [-0.4, -0.2) is 41.7 Å². The van der Waals surface area contributed by atoms with E-state index in [-0.39, 0.29) is 13.0 Å². The lowest BCUT2D eigenvalue weighted by Crippen LogP contribution is -2.41. The van der Waals surface area contributed by atoms with Gasteiger partial charge in [-0.2, -0.15) is 0 Å². The molecule has 0 aliphatic carbocycles. The molecule has 1 unspecified atom stereocenters. The Labute approximate surface area is 122 Å². The SMILES string of the molecule is COCCC(NC(=O)c1cc2ccc(C)cc2[nH]1)C(=O)O. The standard InChI is InChI=1S/C15H18N2O4/c1-9-3-4-10-8-13(16-12(10)7-9)14(18)17-11(15(19)20)5-6-21-2/h3-4,7-8,11,16H,5-6H2,1-2H3,(H,17,18)(H,19,20). The fraction of sp³-hybridized carbons (Fsp3) is 0.333. The van der Waals surface area contributed by atoms with Crippen molar-refractivity contribution in [1.29, 1.82) is 0 Å². The van der Waals surface area contributed by atoms with Crippen molar-refractivity contribution in [2.24, 2.45) is 0 Å². The summed E-state index contributed by atoms with van der Waals surface area (Å²) in [7, 11) is 1.49. The maximum atomic E-state index is 12.1. The van der Waals surface area contributed by atoms with Crippen LogP contribution in [0.1, 0.15) is 22.5 Å². The van der Waals surface area contributed by atoms with Crippen LogP contribution in [-0.2, 0) is 9.53 Å². The van der Waals surface area contributed by atoms with E-state index in [2.05, 4.69) is 10.3 Å². The second kappa shape index (κ2) is 6.41. The second-order valence-electron chi connectivity index (χ2n) is 4.92. The normalized spacial score (nSPS) is 12.3. The van der Waals surface area contributed by atoms with E-state index < -0.39 is 17.9 Å². The third-order valence-corrected chi connectivity index (χ3v) is 3.24. The third kappa shape index (κ3) is 3.61. The molecule has 3 N–H and O–H groups in total. The van der Waals surface area contributed by atoms with Crippen molar-refractivity contribution >= 4 is 22.8 Å². The largest absolute Gasteiger partial charge is 0.480 e. The highest BCUT2D eigenvalue weighted by atomic mass is 16.5. The van der Waals surface area contributed by atoms with E-state index in [1.165, 1.54) is 7.11 Å². The molecule has 112 valence electrons. The molecule has 0 radical (unpaired) electrons. The van der Waals surface area contributed by atoms with E-state index in [0.717, 1.165) is 16.5 Å². The monoisotopic (exact) mass is 290 g/mol. The van der Waals surface area contributed by atoms with Gasteiger partial charge >= 0.3 is 5.97 Å². The average Bonchev–Trinajstić information content (AvgIpc) is 2.85. The third-order valence-electron chi connectivity index (χ3n) is 3.24. The minimum absolute atomic E-state index is 0.219. The summed E-state index contributed by atoms with van der Waals surface area (Å²) >= 11 is 0. The van der Waals surface area contributed by atoms with Crippen molar-refractivity contribution in [1.82, 2.24) is 10.3 Å². The number of methoxy groups -OCH3 is 1. The van der Waals surface area contributed by atoms with E-state index in [9.17, 15) is 9.59 Å². The summed E-state index contributed by atoms with van der Waals surface area (Å²) in [5.41, 5.74) is 2.28. The van der Waals surface area contributed by atoms with E-state index in [1.807, 2.05) is 25.1 Å². The number of rotatable bonds is 6. The Morgan fingerprint density at radius 2 is 2.14 bits per heavy atom. The molecule has 1 aromatic heterocycles. The number of carboxylic acid groups (broad SMARTS) is 1. The van der Waals surface area contributed by atoms with Gasteiger partial charge in [-0.05, 0) is 24.6 Å². The van der Waals surface area contributed by atoms with Crippen LogP contribution >= 0.6 is 0 Å². The number of carbonyl (C=O) groups excluding carboxylic acids is 1. The molecule has 21 heavy (non-hydrogen) atoms. The molecule has 0 aliphatic rings. The van der Waals surface area contributed by atoms with Gasteiger partial charge in [-0.1, -0.05) is 12.1 Å². The molecule has 0 aliphatic heterocycles. The van der Waals surface area contributed by atoms with Crippen LogP contribution in [0.25, 0.3) is 10.9 Å². The Kier molecular flexibility index (Phi) is 4.59. The lowest BCUT2D eigenvalue weighted by Gasteiger charge is -2.13. The number of hydrogen-bond acceptors (Lipinski definition) is 3. The lowest BCUT2D eigenvalue weighted by atomic mass is 10.2. The van der Waals surface area contributed by atoms with E-state index in [0.29, 0.717) is 5.69 Å². The first-order valence-corrected chi connectivity index (χ1v) is 6.63. The molecule has 1 aromatic carbocycles. The summed E-state index contributed by atoms with van der Waals surface area (Å²) < 4.78 is 4.85. The van der Waals surface area contributed by atoms with Gasteiger partial charge in [0, 0.05) is 31.0 Å². The van der Waals surface area contributed by atoms with Gasteiger partial charge in [0.1, 0.15) is 11.7 Å². The van der Waals surface area contributed by atoms with Gasteiger partial charge in [0.15, 0.2) is 0 Å². The molecule has 6 heteroatoms. The predicted molar refractivity (Wildman–Crippen MR) is 78.4 cm³/mol. The van der Waals surface area contributed by atoms with Crippen molar-refractivity contribution in [2.45, 2.75) is 19.4 Å². The number of hydrogen-bond donors (Lipinski definition) is 3. The Hall–Kier alpha value is -2.34. The topological polar surface area (TPSA) is 91.4 Å². The van der Waals surface area contributed by atoms with Crippen molar-refractivity contribution in [2.75, 3.05) is 13.7 Å². The molecule has 0 spiro atoms. The van der Waals surface area contributed by atoms with Crippen LogP contribution in [0.5, 0.6) is 0 Å². The van der Waals surface area contributed by atoms with Gasteiger partial charge in [0.2, 0.25) is 0 Å². The van der Waals surface area contributed by atoms with Gasteiger partial charge in [-0.3, -0.25) is 4.79 Å². The number of aliphatic carboxylic acids is 1. The van der Waals surface area contributed by atoms with Crippen LogP contribution < -0.4 is 5.32 Å². The minimum atomic E-state index is -1.08. The number of aromatic nitrogens is 1. The van der Waals surface area contributed by atoms with Crippen LogP contribution in [0.15, 0.2) is 24.3 Å². The molecule has 0 bridgehead atoms. The zero-order chi connectivity index (χ0) is 15.4. The quantitative estimate of drug-likeness (QED) is 0.755. The Bertz CT molecular complexity index is 663. The smallest absolute Gasteiger partial charge is 0.326 e. The Morgan fingerprint density at radius 3 is 2.81 bits per heavy atom. The number of aromatic amines is 1. The number of ether oxygens (including phenoxy) is 1. The molecule has 0 fully saturated rings. The molecule has 2 rings (SSSR count). The van der Waals surface area contributed by atoms with Crippen LogP contribution in [0.3, 0.4) is 0 Å². The number of carbonyl (C=O) groups is 2. The van der Waals surface area contributed by atoms with E-state index in [1.54, 1.807) is 6.07 Å². The van der Waals surface area contributed by atoms with Gasteiger partial charge in [-0.25, -0.2) is 4.79 Å². The first kappa shape index (κ1) is 15.1. The molecule has 6 nitrogen and oxygen atoms in total. The van der Waals surface area contributed by atoms with Gasteiger partial charge in [0.05, 0.1) is 0 Å². The molecule has 1 amide bonds. The summed E-state index contributed by atoms with van der Waals surface area (Å²) in [4.78, 5) is 26.2. The molecule has 1 atom stereocenters. The summed E-state index contributed by atoms with van der Waals surface area (Å²) in [6, 6.07) is 6.55. The molecule has 1 heterocycles. The van der Waals surface area contributed by atoms with Crippen molar-refractivity contribution in [3.8, 4) is 0 Å². The minimum Gasteiger partial charge on any atom is -0.480 e. The highest BCUT2D eigenvalue weighted by molar-refractivity contribution is 5.99. The summed E-state index contributed by atoms with van der Waals surface area (Å²) in [6.07, 6.45) is 0.219. The van der Waals surface area contributed by atoms with Crippen molar-refractivity contribution in [3.63, 3.8) is 0 Å². The first-order valence-electron chi connectivity index (χ1n) is 6.63. The molecule has 0 saturated carbocycles. The fourth-order valence-electron chi connectivity index (χ4n) is 2.09. The maximum absolute atomic E-state index is 12.1. The summed E-state index contributed by atoms with van der Waals surface area (Å²) in [5.74, 6) is -1.51. The maximum Gasteiger partial charge on any atom is 0.326 e. The number of nitrogens with one attached hydrogen (secondary N) is 2. The Balaban J connectivity index is 2.15. The number of H-pyrrole nitrogens is 1. The van der Waals surface area contributed by atoms with E-state index >= 15 is 0 Å². The number of amides is 1. The van der Waals surface area contributed by atoms with E-state index in [4.69, 9.17) is 9.84 Å². The number of aryl methyl sites for hydroxylation is 1. The zero-order valence-corrected chi connectivity index (χ0v) is 12.0. The van der Waals surface area contributed by atoms with Gasteiger partial charge in [-0.15, -0.1) is 0 Å². The average molecular weight is 290 g/mol. The Morgan fingerprint density at radius 1 is 1.38 bits per heavy atom. The van der Waals surface area contributed by atoms with Crippen LogP contribution in [0, 0.1) is 6.92 Å². The van der Waals surface area contributed by atoms with Crippen molar-refractivity contribution in [3.05, 3.63) is 35.5 Å². The predicted octanol–water partition coefficient (Wildman–Crippen LogP) is 1.70. The lowest BCUT2D eigenvalue weighted by molar-refractivity contribution is -0.139. The summed E-state index contributed by atoms with van der Waals surface area (Å²) in [5, 5.41) is 12.5. The number of carboxylic acids is 1. The number of fused-ring (bicyclic) bond motifs is 1. The van der Waals surface area contributed by atoms with Gasteiger partial charge in [0.25, 0.3) is 5.91 Å². The number of benzene rings is 1. The fourth-order valence-corrected chi connectivity index (χ4v) is 2.09.